The Bertz CT molecular complexity index is 418. The molecule has 2 rings (SSSR count). The SMILES string of the molecule is Cc1ccccc1SCC(=O)NCC(O)C1CC1. The first-order valence-corrected chi connectivity index (χ1v) is 7.28. The Morgan fingerprint density at radius 1 is 1.50 bits per heavy atom. The van der Waals surface area contributed by atoms with Crippen LogP contribution in [0.1, 0.15) is 18.4 Å². The maximum atomic E-state index is 11.6. The Labute approximate surface area is 112 Å². The summed E-state index contributed by atoms with van der Waals surface area (Å²) in [6, 6.07) is 8.03. The lowest BCUT2D eigenvalue weighted by Gasteiger charge is -2.10. The van der Waals surface area contributed by atoms with E-state index >= 15 is 0 Å². The lowest BCUT2D eigenvalue weighted by atomic mass is 10.2. The molecule has 18 heavy (non-hydrogen) atoms. The molecule has 1 aromatic carbocycles. The van der Waals surface area contributed by atoms with E-state index in [-0.39, 0.29) is 12.0 Å². The number of hydrogen-bond acceptors (Lipinski definition) is 3. The number of nitrogens with one attached hydrogen (secondary N) is 1. The molecule has 1 saturated carbocycles. The highest BCUT2D eigenvalue weighted by Crippen LogP contribution is 2.32. The van der Waals surface area contributed by atoms with Crippen molar-refractivity contribution in [1.29, 1.82) is 0 Å². The summed E-state index contributed by atoms with van der Waals surface area (Å²) in [7, 11) is 0. The van der Waals surface area contributed by atoms with E-state index in [2.05, 4.69) is 5.32 Å². The minimum atomic E-state index is -0.364. The summed E-state index contributed by atoms with van der Waals surface area (Å²) in [5.41, 5.74) is 1.19. The Hall–Kier alpha value is -1.00. The van der Waals surface area contributed by atoms with Gasteiger partial charge in [0.15, 0.2) is 0 Å². The maximum absolute atomic E-state index is 11.6. The van der Waals surface area contributed by atoms with Crippen LogP contribution in [0.4, 0.5) is 0 Å². The average Bonchev–Trinajstić information content (AvgIpc) is 3.19. The fourth-order valence-corrected chi connectivity index (χ4v) is 2.64. The van der Waals surface area contributed by atoms with Crippen LogP contribution in [0.5, 0.6) is 0 Å². The van der Waals surface area contributed by atoms with Gasteiger partial charge in [-0.15, -0.1) is 11.8 Å². The summed E-state index contributed by atoms with van der Waals surface area (Å²) in [6.07, 6.45) is 1.82. The second kappa shape index (κ2) is 6.25. The average molecular weight is 265 g/mol. The Kier molecular flexibility index (Phi) is 4.66. The molecule has 0 aromatic heterocycles. The smallest absolute Gasteiger partial charge is 0.230 e. The Balaban J connectivity index is 1.69. The van der Waals surface area contributed by atoms with Crippen LogP contribution >= 0.6 is 11.8 Å². The van der Waals surface area contributed by atoms with E-state index in [0.717, 1.165) is 17.7 Å². The quantitative estimate of drug-likeness (QED) is 0.773. The number of benzene rings is 1. The van der Waals surface area contributed by atoms with E-state index in [4.69, 9.17) is 0 Å². The van der Waals surface area contributed by atoms with E-state index in [1.807, 2.05) is 31.2 Å². The van der Waals surface area contributed by atoms with Gasteiger partial charge < -0.3 is 10.4 Å². The molecular formula is C14H19NO2S. The molecule has 1 aromatic rings. The zero-order chi connectivity index (χ0) is 13.0. The predicted molar refractivity (Wildman–Crippen MR) is 73.6 cm³/mol. The van der Waals surface area contributed by atoms with Gasteiger partial charge in [-0.1, -0.05) is 18.2 Å². The molecule has 0 radical (unpaired) electrons. The molecule has 1 unspecified atom stereocenters. The third-order valence-corrected chi connectivity index (χ3v) is 4.30. The molecule has 4 heteroatoms. The number of aliphatic hydroxyl groups excluding tert-OH is 1. The molecule has 1 aliphatic carbocycles. The van der Waals surface area contributed by atoms with Crippen LogP contribution in [0, 0.1) is 12.8 Å². The van der Waals surface area contributed by atoms with E-state index in [9.17, 15) is 9.90 Å². The fourth-order valence-electron chi connectivity index (χ4n) is 1.78. The van der Waals surface area contributed by atoms with E-state index in [1.54, 1.807) is 0 Å². The summed E-state index contributed by atoms with van der Waals surface area (Å²) in [5.74, 6) is 0.805. The van der Waals surface area contributed by atoms with Crippen molar-refractivity contribution < 1.29 is 9.90 Å². The van der Waals surface area contributed by atoms with Gasteiger partial charge in [0, 0.05) is 11.4 Å². The molecule has 0 bridgehead atoms. The van der Waals surface area contributed by atoms with E-state index in [0.29, 0.717) is 18.2 Å². The Morgan fingerprint density at radius 2 is 2.22 bits per heavy atom. The van der Waals surface area contributed by atoms with Gasteiger partial charge in [-0.3, -0.25) is 4.79 Å². The first-order valence-electron chi connectivity index (χ1n) is 6.30. The van der Waals surface area contributed by atoms with Crippen LogP contribution in [0.3, 0.4) is 0 Å². The summed E-state index contributed by atoms with van der Waals surface area (Å²) in [5, 5.41) is 12.4. The van der Waals surface area contributed by atoms with Crippen molar-refractivity contribution in [3.05, 3.63) is 29.8 Å². The van der Waals surface area contributed by atoms with Crippen molar-refractivity contribution in [2.24, 2.45) is 5.92 Å². The molecule has 0 spiro atoms. The van der Waals surface area contributed by atoms with Gasteiger partial charge >= 0.3 is 0 Å². The van der Waals surface area contributed by atoms with Crippen LogP contribution in [0.25, 0.3) is 0 Å². The number of carbonyl (C=O) groups excluding carboxylic acids is 1. The van der Waals surface area contributed by atoms with Crippen molar-refractivity contribution in [3.8, 4) is 0 Å². The number of thioether (sulfide) groups is 1. The van der Waals surface area contributed by atoms with Crippen LogP contribution < -0.4 is 5.32 Å². The molecule has 1 aliphatic rings. The molecule has 1 amide bonds. The highest BCUT2D eigenvalue weighted by Gasteiger charge is 2.29. The van der Waals surface area contributed by atoms with Crippen molar-refractivity contribution in [2.75, 3.05) is 12.3 Å². The molecular weight excluding hydrogens is 246 g/mol. The minimum absolute atomic E-state index is 0.0112. The molecule has 1 fully saturated rings. The van der Waals surface area contributed by atoms with Gasteiger partial charge in [0.25, 0.3) is 0 Å². The minimum Gasteiger partial charge on any atom is -0.391 e. The van der Waals surface area contributed by atoms with E-state index < -0.39 is 0 Å². The fraction of sp³-hybridized carbons (Fsp3) is 0.500. The zero-order valence-corrected chi connectivity index (χ0v) is 11.4. The second-order valence-corrected chi connectivity index (χ2v) is 5.78. The van der Waals surface area contributed by atoms with Gasteiger partial charge in [0.1, 0.15) is 0 Å². The Morgan fingerprint density at radius 3 is 2.89 bits per heavy atom. The third-order valence-electron chi connectivity index (χ3n) is 3.13. The summed E-state index contributed by atoms with van der Waals surface area (Å²) in [4.78, 5) is 12.8. The first kappa shape index (κ1) is 13.4. The third kappa shape index (κ3) is 4.03. The lowest BCUT2D eigenvalue weighted by molar-refractivity contribution is -0.119. The normalized spacial score (nSPS) is 16.3. The van der Waals surface area contributed by atoms with Crippen molar-refractivity contribution in [2.45, 2.75) is 30.8 Å². The summed E-state index contributed by atoms with van der Waals surface area (Å²) >= 11 is 1.54. The first-order chi connectivity index (χ1) is 8.66. The number of aryl methyl sites for hydroxylation is 1. The van der Waals surface area contributed by atoms with Crippen molar-refractivity contribution >= 4 is 17.7 Å². The predicted octanol–water partition coefficient (Wildman–Crippen LogP) is 1.97. The van der Waals surface area contributed by atoms with Crippen LogP contribution in [-0.2, 0) is 4.79 Å². The number of aliphatic hydroxyl groups is 1. The summed E-state index contributed by atoms with van der Waals surface area (Å²) in [6.45, 7) is 2.43. The lowest BCUT2D eigenvalue weighted by Crippen LogP contribution is -2.34. The van der Waals surface area contributed by atoms with Crippen LogP contribution in [0.2, 0.25) is 0 Å². The number of hydrogen-bond donors (Lipinski definition) is 2. The molecule has 98 valence electrons. The molecule has 3 nitrogen and oxygen atoms in total. The number of carbonyl (C=O) groups is 1. The summed E-state index contributed by atoms with van der Waals surface area (Å²) < 4.78 is 0. The van der Waals surface area contributed by atoms with Gasteiger partial charge in [-0.2, -0.15) is 0 Å². The zero-order valence-electron chi connectivity index (χ0n) is 10.6. The standard InChI is InChI=1S/C14H19NO2S/c1-10-4-2-3-5-13(10)18-9-14(17)15-8-12(16)11-6-7-11/h2-5,11-12,16H,6-9H2,1H3,(H,15,17). The van der Waals surface area contributed by atoms with Crippen molar-refractivity contribution in [1.82, 2.24) is 5.32 Å². The molecule has 2 N–H and O–H groups in total. The molecule has 1 atom stereocenters. The molecule has 0 heterocycles. The van der Waals surface area contributed by atoms with Gasteiger partial charge in [0.2, 0.25) is 5.91 Å². The second-order valence-electron chi connectivity index (χ2n) is 4.76. The van der Waals surface area contributed by atoms with E-state index in [1.165, 1.54) is 17.3 Å². The number of rotatable bonds is 6. The topological polar surface area (TPSA) is 49.3 Å². The molecule has 0 saturated heterocycles. The maximum Gasteiger partial charge on any atom is 0.230 e. The highest BCUT2D eigenvalue weighted by atomic mass is 32.2. The largest absolute Gasteiger partial charge is 0.391 e. The van der Waals surface area contributed by atoms with Gasteiger partial charge in [-0.05, 0) is 37.3 Å². The highest BCUT2D eigenvalue weighted by molar-refractivity contribution is 8.00. The van der Waals surface area contributed by atoms with Crippen LogP contribution in [0.15, 0.2) is 29.2 Å². The van der Waals surface area contributed by atoms with Crippen LogP contribution in [-0.4, -0.2) is 29.4 Å². The number of amides is 1. The van der Waals surface area contributed by atoms with Crippen molar-refractivity contribution in [3.63, 3.8) is 0 Å². The monoisotopic (exact) mass is 265 g/mol. The van der Waals surface area contributed by atoms with Gasteiger partial charge in [-0.25, -0.2) is 0 Å². The van der Waals surface area contributed by atoms with Gasteiger partial charge in [0.05, 0.1) is 11.9 Å². The molecule has 0 aliphatic heterocycles.